The third-order valence-electron chi connectivity index (χ3n) is 5.88. The molecule has 0 spiro atoms. The summed E-state index contributed by atoms with van der Waals surface area (Å²) in [6.07, 6.45) is 3.22. The van der Waals surface area contributed by atoms with Gasteiger partial charge in [-0.3, -0.25) is 14.9 Å². The SMILES string of the molecule is CCOc1c(/C(C)=C/C(=O)Nc2cc([N+](=O)[O-])ccc2C)cc2c(-c3ccccc3)coc2c1C. The van der Waals surface area contributed by atoms with Crippen molar-refractivity contribution in [3.05, 3.63) is 93.7 Å². The molecule has 0 fully saturated rings. The fourth-order valence-electron chi connectivity index (χ4n) is 4.08. The van der Waals surface area contributed by atoms with Crippen LogP contribution in [0.15, 0.2) is 71.4 Å². The average Bonchev–Trinajstić information content (AvgIpc) is 3.27. The molecule has 0 saturated heterocycles. The summed E-state index contributed by atoms with van der Waals surface area (Å²) in [6, 6.07) is 16.3. The number of hydrogen-bond acceptors (Lipinski definition) is 5. The van der Waals surface area contributed by atoms with Crippen molar-refractivity contribution in [2.24, 2.45) is 0 Å². The predicted octanol–water partition coefficient (Wildman–Crippen LogP) is 7.07. The van der Waals surface area contributed by atoms with E-state index in [1.54, 1.807) is 19.3 Å². The number of nitro benzene ring substituents is 1. The molecule has 0 saturated carbocycles. The molecule has 178 valence electrons. The van der Waals surface area contributed by atoms with E-state index in [-0.39, 0.29) is 11.6 Å². The van der Waals surface area contributed by atoms with Gasteiger partial charge >= 0.3 is 0 Å². The van der Waals surface area contributed by atoms with Crippen LogP contribution in [-0.2, 0) is 4.79 Å². The maximum atomic E-state index is 12.9. The van der Waals surface area contributed by atoms with Crippen LogP contribution < -0.4 is 10.1 Å². The number of rotatable bonds is 7. The maximum absolute atomic E-state index is 12.9. The topological polar surface area (TPSA) is 94.6 Å². The van der Waals surface area contributed by atoms with Crippen molar-refractivity contribution in [3.8, 4) is 16.9 Å². The number of carbonyl (C=O) groups is 1. The van der Waals surface area contributed by atoms with E-state index in [0.29, 0.717) is 23.6 Å². The largest absolute Gasteiger partial charge is 0.493 e. The van der Waals surface area contributed by atoms with E-state index in [1.807, 2.05) is 57.2 Å². The highest BCUT2D eigenvalue weighted by Gasteiger charge is 2.19. The molecule has 0 aliphatic rings. The highest BCUT2D eigenvalue weighted by atomic mass is 16.6. The van der Waals surface area contributed by atoms with Gasteiger partial charge in [0.25, 0.3) is 5.69 Å². The van der Waals surface area contributed by atoms with Crippen molar-refractivity contribution in [3.63, 3.8) is 0 Å². The van der Waals surface area contributed by atoms with Gasteiger partial charge in [0.2, 0.25) is 5.91 Å². The van der Waals surface area contributed by atoms with Crippen LogP contribution in [0.25, 0.3) is 27.7 Å². The Kier molecular flexibility index (Phi) is 6.68. The minimum absolute atomic E-state index is 0.0836. The number of anilines is 1. The minimum Gasteiger partial charge on any atom is -0.493 e. The van der Waals surface area contributed by atoms with Gasteiger partial charge in [-0.2, -0.15) is 0 Å². The number of allylic oxidation sites excluding steroid dienone is 1. The maximum Gasteiger partial charge on any atom is 0.271 e. The number of furan rings is 1. The summed E-state index contributed by atoms with van der Waals surface area (Å²) >= 11 is 0. The molecule has 7 heteroatoms. The first kappa shape index (κ1) is 23.8. The first-order valence-electron chi connectivity index (χ1n) is 11.3. The van der Waals surface area contributed by atoms with Gasteiger partial charge < -0.3 is 14.5 Å². The second-order valence-corrected chi connectivity index (χ2v) is 8.28. The van der Waals surface area contributed by atoms with Crippen molar-refractivity contribution in [1.82, 2.24) is 0 Å². The highest BCUT2D eigenvalue weighted by Crippen LogP contribution is 2.40. The zero-order valence-corrected chi connectivity index (χ0v) is 20.0. The molecule has 0 aliphatic heterocycles. The second kappa shape index (κ2) is 9.85. The third kappa shape index (κ3) is 4.80. The summed E-state index contributed by atoms with van der Waals surface area (Å²) < 4.78 is 11.9. The second-order valence-electron chi connectivity index (χ2n) is 8.28. The number of aryl methyl sites for hydroxylation is 2. The van der Waals surface area contributed by atoms with E-state index in [0.717, 1.165) is 38.8 Å². The van der Waals surface area contributed by atoms with Crippen LogP contribution in [0.5, 0.6) is 5.75 Å². The first-order valence-corrected chi connectivity index (χ1v) is 11.3. The van der Waals surface area contributed by atoms with Crippen LogP contribution in [0.1, 0.15) is 30.5 Å². The van der Waals surface area contributed by atoms with E-state index >= 15 is 0 Å². The quantitative estimate of drug-likeness (QED) is 0.177. The fraction of sp³-hybridized carbons (Fsp3) is 0.179. The molecule has 0 unspecified atom stereocenters. The number of hydrogen-bond donors (Lipinski definition) is 1. The molecule has 35 heavy (non-hydrogen) atoms. The number of non-ortho nitro benzene ring substituents is 1. The molecule has 4 rings (SSSR count). The molecule has 0 aliphatic carbocycles. The molecular weight excluding hydrogens is 444 g/mol. The van der Waals surface area contributed by atoms with Crippen molar-refractivity contribution in [1.29, 1.82) is 0 Å². The Morgan fingerprint density at radius 2 is 1.89 bits per heavy atom. The summed E-state index contributed by atoms with van der Waals surface area (Å²) in [4.78, 5) is 23.5. The van der Waals surface area contributed by atoms with Gasteiger partial charge in [-0.15, -0.1) is 0 Å². The molecule has 3 aromatic carbocycles. The van der Waals surface area contributed by atoms with Crippen LogP contribution in [0.2, 0.25) is 0 Å². The van der Waals surface area contributed by atoms with Gasteiger partial charge in [-0.05, 0) is 50.5 Å². The van der Waals surface area contributed by atoms with E-state index in [9.17, 15) is 14.9 Å². The Bertz CT molecular complexity index is 1450. The Hall–Kier alpha value is -4.39. The Morgan fingerprint density at radius 1 is 1.14 bits per heavy atom. The molecule has 0 atom stereocenters. The third-order valence-corrected chi connectivity index (χ3v) is 5.88. The zero-order valence-electron chi connectivity index (χ0n) is 20.0. The Labute approximate surface area is 203 Å². The first-order chi connectivity index (χ1) is 16.8. The van der Waals surface area contributed by atoms with Crippen molar-refractivity contribution >= 4 is 33.8 Å². The molecule has 7 nitrogen and oxygen atoms in total. The van der Waals surface area contributed by atoms with Crippen molar-refractivity contribution < 1.29 is 18.9 Å². The van der Waals surface area contributed by atoms with Gasteiger partial charge in [0.1, 0.15) is 11.3 Å². The number of nitrogens with one attached hydrogen (secondary N) is 1. The molecular formula is C28H26N2O5. The van der Waals surface area contributed by atoms with Crippen LogP contribution in [0, 0.1) is 24.0 Å². The van der Waals surface area contributed by atoms with Gasteiger partial charge in [-0.25, -0.2) is 0 Å². The lowest BCUT2D eigenvalue weighted by Crippen LogP contribution is -2.10. The lowest BCUT2D eigenvalue weighted by molar-refractivity contribution is -0.384. The Morgan fingerprint density at radius 3 is 2.57 bits per heavy atom. The standard InChI is InChI=1S/C28H26N2O5/c1-5-34-27-19(4)28-23(24(16-35-28)20-9-7-6-8-10-20)15-22(27)18(3)13-26(31)29-25-14-21(30(32)33)12-11-17(25)2/h6-16H,5H2,1-4H3,(H,29,31)/b18-13+. The van der Waals surface area contributed by atoms with E-state index in [1.165, 1.54) is 18.2 Å². The monoisotopic (exact) mass is 470 g/mol. The van der Waals surface area contributed by atoms with E-state index in [4.69, 9.17) is 9.15 Å². The van der Waals surface area contributed by atoms with Crippen molar-refractivity contribution in [2.75, 3.05) is 11.9 Å². The highest BCUT2D eigenvalue weighted by molar-refractivity contribution is 6.06. The smallest absolute Gasteiger partial charge is 0.271 e. The lowest BCUT2D eigenvalue weighted by Gasteiger charge is -2.15. The number of ether oxygens (including phenoxy) is 1. The average molecular weight is 471 g/mol. The van der Waals surface area contributed by atoms with Crippen LogP contribution in [0.3, 0.4) is 0 Å². The van der Waals surface area contributed by atoms with Gasteiger partial charge in [0.15, 0.2) is 0 Å². The number of nitro groups is 1. The van der Waals surface area contributed by atoms with Crippen LogP contribution >= 0.6 is 0 Å². The predicted molar refractivity (Wildman–Crippen MR) is 138 cm³/mol. The summed E-state index contributed by atoms with van der Waals surface area (Å²) in [5, 5.41) is 14.8. The molecule has 1 aromatic heterocycles. The number of fused-ring (bicyclic) bond motifs is 1. The van der Waals surface area contributed by atoms with Crippen LogP contribution in [0.4, 0.5) is 11.4 Å². The lowest BCUT2D eigenvalue weighted by atomic mass is 9.96. The summed E-state index contributed by atoms with van der Waals surface area (Å²) in [7, 11) is 0. The molecule has 1 heterocycles. The Balaban J connectivity index is 1.76. The fourth-order valence-corrected chi connectivity index (χ4v) is 4.08. The van der Waals surface area contributed by atoms with Gasteiger partial charge in [0.05, 0.1) is 23.5 Å². The zero-order chi connectivity index (χ0) is 25.1. The number of nitrogens with zero attached hydrogens (tertiary/aromatic N) is 1. The summed E-state index contributed by atoms with van der Waals surface area (Å²) in [5.74, 6) is 0.267. The number of amides is 1. The molecule has 4 aromatic rings. The van der Waals surface area contributed by atoms with Gasteiger partial charge in [0, 0.05) is 40.3 Å². The molecule has 0 radical (unpaired) electrons. The number of benzene rings is 3. The summed E-state index contributed by atoms with van der Waals surface area (Å²) in [6.45, 7) is 7.92. The van der Waals surface area contributed by atoms with E-state index in [2.05, 4.69) is 5.32 Å². The van der Waals surface area contributed by atoms with Crippen molar-refractivity contribution in [2.45, 2.75) is 27.7 Å². The summed E-state index contributed by atoms with van der Waals surface area (Å²) in [5.41, 5.74) is 6.09. The van der Waals surface area contributed by atoms with E-state index < -0.39 is 4.92 Å². The van der Waals surface area contributed by atoms with Crippen LogP contribution in [-0.4, -0.2) is 17.4 Å². The van der Waals surface area contributed by atoms with Gasteiger partial charge in [-0.1, -0.05) is 36.4 Å². The number of carbonyl (C=O) groups excluding carboxylic acids is 1. The normalized spacial score (nSPS) is 11.5. The molecule has 0 bridgehead atoms. The molecule has 1 N–H and O–H groups in total. The molecule has 1 amide bonds. The minimum atomic E-state index is -0.488.